The Balaban J connectivity index is 0.00000243. The molecule has 7 nitrogen and oxygen atoms in total. The number of sulfonamides is 1. The van der Waals surface area contributed by atoms with Crippen LogP contribution in [0.5, 0.6) is 0 Å². The molecule has 0 spiro atoms. The summed E-state index contributed by atoms with van der Waals surface area (Å²) < 4.78 is 33.4. The number of ether oxygens (including phenoxy) is 1. The Labute approximate surface area is 160 Å². The first-order chi connectivity index (χ1) is 11.9. The number of aryl methyl sites for hydroxylation is 1. The zero-order chi connectivity index (χ0) is 17.9. The summed E-state index contributed by atoms with van der Waals surface area (Å²) in [5.74, 6) is -0.0266. The summed E-state index contributed by atoms with van der Waals surface area (Å²) in [6.45, 7) is 1.62. The number of halogens is 1. The van der Waals surface area contributed by atoms with Gasteiger partial charge in [0.05, 0.1) is 17.0 Å². The molecule has 1 aromatic rings. The van der Waals surface area contributed by atoms with Crippen LogP contribution >= 0.6 is 12.4 Å². The van der Waals surface area contributed by atoms with Crippen LogP contribution in [0.3, 0.4) is 0 Å². The van der Waals surface area contributed by atoms with E-state index in [0.717, 1.165) is 31.4 Å². The molecule has 2 heterocycles. The number of methoxy groups -OCH3 is 1. The van der Waals surface area contributed by atoms with Crippen LogP contribution in [-0.4, -0.2) is 46.7 Å². The zero-order valence-corrected chi connectivity index (χ0v) is 16.5. The molecule has 9 heteroatoms. The smallest absolute Gasteiger partial charge is 0.240 e. The normalized spacial score (nSPS) is 22.9. The van der Waals surface area contributed by atoms with Gasteiger partial charge in [-0.3, -0.25) is 4.79 Å². The van der Waals surface area contributed by atoms with Gasteiger partial charge in [0.2, 0.25) is 15.9 Å². The molecule has 0 radical (unpaired) electrons. The fourth-order valence-corrected chi connectivity index (χ4v) is 4.68. The highest BCUT2D eigenvalue weighted by atomic mass is 35.5. The number of benzene rings is 1. The summed E-state index contributed by atoms with van der Waals surface area (Å²) in [5, 5.41) is 6.18. The molecule has 26 heavy (non-hydrogen) atoms. The number of nitrogens with one attached hydrogen (secondary N) is 3. The van der Waals surface area contributed by atoms with Gasteiger partial charge < -0.3 is 15.4 Å². The summed E-state index contributed by atoms with van der Waals surface area (Å²) in [5.41, 5.74) is 1.22. The molecule has 1 saturated heterocycles. The average molecular weight is 404 g/mol. The van der Waals surface area contributed by atoms with Crippen LogP contribution < -0.4 is 15.4 Å². The Morgan fingerprint density at radius 1 is 1.27 bits per heavy atom. The van der Waals surface area contributed by atoms with Crippen molar-refractivity contribution < 1.29 is 17.9 Å². The van der Waals surface area contributed by atoms with Gasteiger partial charge in [-0.1, -0.05) is 0 Å². The highest BCUT2D eigenvalue weighted by Gasteiger charge is 2.35. The van der Waals surface area contributed by atoms with Crippen LogP contribution in [0.15, 0.2) is 23.1 Å². The second kappa shape index (κ2) is 8.67. The molecule has 1 aromatic carbocycles. The first-order valence-corrected chi connectivity index (χ1v) is 10.1. The number of carbonyl (C=O) groups is 1. The van der Waals surface area contributed by atoms with Crippen molar-refractivity contribution in [3.63, 3.8) is 0 Å². The summed E-state index contributed by atoms with van der Waals surface area (Å²) in [7, 11) is -2.00. The van der Waals surface area contributed by atoms with Crippen molar-refractivity contribution in [3.05, 3.63) is 23.8 Å². The first kappa shape index (κ1) is 21.1. The van der Waals surface area contributed by atoms with Gasteiger partial charge in [0, 0.05) is 25.8 Å². The van der Waals surface area contributed by atoms with Crippen LogP contribution in [-0.2, 0) is 26.0 Å². The number of hydrogen-bond acceptors (Lipinski definition) is 5. The summed E-state index contributed by atoms with van der Waals surface area (Å²) >= 11 is 0. The molecule has 1 unspecified atom stereocenters. The van der Waals surface area contributed by atoms with Crippen molar-refractivity contribution >= 4 is 34.0 Å². The molecule has 1 fully saturated rings. The highest BCUT2D eigenvalue weighted by molar-refractivity contribution is 7.89. The first-order valence-electron chi connectivity index (χ1n) is 8.61. The van der Waals surface area contributed by atoms with Crippen molar-refractivity contribution in [2.75, 3.05) is 32.1 Å². The van der Waals surface area contributed by atoms with Crippen molar-refractivity contribution in [1.29, 1.82) is 0 Å². The van der Waals surface area contributed by atoms with E-state index in [1.54, 1.807) is 19.2 Å². The van der Waals surface area contributed by atoms with Gasteiger partial charge in [-0.15, -0.1) is 12.4 Å². The molecule has 1 atom stereocenters. The van der Waals surface area contributed by atoms with Crippen LogP contribution in [0.4, 0.5) is 5.69 Å². The Bertz CT molecular complexity index is 748. The lowest BCUT2D eigenvalue weighted by molar-refractivity contribution is -0.116. The van der Waals surface area contributed by atoms with Crippen molar-refractivity contribution in [1.82, 2.24) is 10.0 Å². The lowest BCUT2D eigenvalue weighted by atomic mass is 9.99. The number of rotatable bonds is 6. The zero-order valence-electron chi connectivity index (χ0n) is 14.8. The van der Waals surface area contributed by atoms with E-state index in [2.05, 4.69) is 15.4 Å². The van der Waals surface area contributed by atoms with Gasteiger partial charge in [0.25, 0.3) is 0 Å². The largest absolute Gasteiger partial charge is 0.383 e. The van der Waals surface area contributed by atoms with E-state index in [1.807, 2.05) is 0 Å². The number of anilines is 1. The minimum atomic E-state index is -3.62. The molecule has 0 aromatic heterocycles. The summed E-state index contributed by atoms with van der Waals surface area (Å²) in [4.78, 5) is 11.8. The number of carbonyl (C=O) groups excluding carboxylic acids is 1. The van der Waals surface area contributed by atoms with Gasteiger partial charge in [0.1, 0.15) is 0 Å². The average Bonchev–Trinajstić information content (AvgIpc) is 2.95. The van der Waals surface area contributed by atoms with E-state index < -0.39 is 10.0 Å². The van der Waals surface area contributed by atoms with E-state index >= 15 is 0 Å². The number of hydrogen-bond donors (Lipinski definition) is 3. The maximum absolute atomic E-state index is 12.7. The third-order valence-electron chi connectivity index (χ3n) is 4.86. The van der Waals surface area contributed by atoms with Crippen LogP contribution in [0, 0.1) is 0 Å². The predicted molar refractivity (Wildman–Crippen MR) is 102 cm³/mol. The minimum Gasteiger partial charge on any atom is -0.383 e. The molecule has 0 aliphatic carbocycles. The fourth-order valence-electron chi connectivity index (χ4n) is 3.50. The summed E-state index contributed by atoms with van der Waals surface area (Å²) in [6, 6.07) is 4.87. The van der Waals surface area contributed by atoms with Crippen LogP contribution in [0.2, 0.25) is 0 Å². The topological polar surface area (TPSA) is 96.5 Å². The van der Waals surface area contributed by atoms with Crippen LogP contribution in [0.1, 0.15) is 31.2 Å². The van der Waals surface area contributed by atoms with Crippen molar-refractivity contribution in [3.8, 4) is 0 Å². The maximum Gasteiger partial charge on any atom is 0.240 e. The van der Waals surface area contributed by atoms with E-state index in [0.29, 0.717) is 25.1 Å². The monoisotopic (exact) mass is 403 g/mol. The number of amides is 1. The Kier molecular flexibility index (Phi) is 7.04. The molecular formula is C17H26ClN3O4S. The molecule has 1 amide bonds. The molecule has 3 N–H and O–H groups in total. The third kappa shape index (κ3) is 4.75. The van der Waals surface area contributed by atoms with Crippen molar-refractivity contribution in [2.45, 2.75) is 42.5 Å². The van der Waals surface area contributed by atoms with E-state index in [1.165, 1.54) is 6.07 Å². The molecule has 2 aliphatic rings. The lowest BCUT2D eigenvalue weighted by Crippen LogP contribution is -2.52. The molecule has 2 aliphatic heterocycles. The summed E-state index contributed by atoms with van der Waals surface area (Å²) in [6.07, 6.45) is 3.74. The quantitative estimate of drug-likeness (QED) is 0.667. The van der Waals surface area contributed by atoms with Gasteiger partial charge in [0.15, 0.2) is 0 Å². The predicted octanol–water partition coefficient (Wildman–Crippen LogP) is 1.43. The van der Waals surface area contributed by atoms with Gasteiger partial charge >= 0.3 is 0 Å². The lowest BCUT2D eigenvalue weighted by Gasteiger charge is -2.28. The van der Waals surface area contributed by atoms with Gasteiger partial charge in [-0.25, -0.2) is 13.1 Å². The maximum atomic E-state index is 12.7. The van der Waals surface area contributed by atoms with Gasteiger partial charge in [-0.05, 0) is 56.0 Å². The molecule has 3 rings (SSSR count). The van der Waals surface area contributed by atoms with Crippen molar-refractivity contribution in [2.24, 2.45) is 0 Å². The standard InChI is InChI=1S/C17H25N3O4S.ClH/c1-24-12-17(8-3-9-18-17)11-19-25(22,23)14-6-7-15-13(10-14)4-2-5-16(21)20-15;/h6-7,10,18-19H,2-5,8-9,11-12H2,1H3,(H,20,21);1H. The van der Waals surface area contributed by atoms with E-state index in [9.17, 15) is 13.2 Å². The minimum absolute atomic E-state index is 0. The third-order valence-corrected chi connectivity index (χ3v) is 6.26. The number of fused-ring (bicyclic) bond motifs is 1. The fraction of sp³-hybridized carbons (Fsp3) is 0.588. The second-order valence-corrected chi connectivity index (χ2v) is 8.56. The molecule has 0 bridgehead atoms. The molecule has 0 saturated carbocycles. The molecule has 146 valence electrons. The highest BCUT2D eigenvalue weighted by Crippen LogP contribution is 2.26. The second-order valence-electron chi connectivity index (χ2n) is 6.79. The van der Waals surface area contributed by atoms with E-state index in [-0.39, 0.29) is 35.3 Å². The Morgan fingerprint density at radius 2 is 2.08 bits per heavy atom. The molecular weight excluding hydrogens is 378 g/mol. The van der Waals surface area contributed by atoms with Crippen LogP contribution in [0.25, 0.3) is 0 Å². The SMILES string of the molecule is COCC1(CNS(=O)(=O)c2ccc3c(c2)CCCC(=O)N3)CCCN1.Cl. The van der Waals surface area contributed by atoms with E-state index in [4.69, 9.17) is 4.74 Å². The Morgan fingerprint density at radius 3 is 2.77 bits per heavy atom. The Hall–Kier alpha value is -1.19. The van der Waals surface area contributed by atoms with Gasteiger partial charge in [-0.2, -0.15) is 0 Å².